The summed E-state index contributed by atoms with van der Waals surface area (Å²) in [5, 5.41) is 20.2. The summed E-state index contributed by atoms with van der Waals surface area (Å²) in [6, 6.07) is 1.89. The number of halogens is 1. The molecule has 14 heavy (non-hydrogen) atoms. The number of aliphatic hydroxyl groups is 1. The molecule has 1 aromatic rings. The molecule has 0 saturated heterocycles. The summed E-state index contributed by atoms with van der Waals surface area (Å²) >= 11 is 4.84. The van der Waals surface area contributed by atoms with Crippen molar-refractivity contribution in [2.24, 2.45) is 0 Å². The van der Waals surface area contributed by atoms with E-state index in [0.29, 0.717) is 0 Å². The molecular weight excluding hydrogens is 268 g/mol. The Bertz CT molecular complexity index is 370. The third kappa shape index (κ3) is 1.49. The largest absolute Gasteiger partial charge is 0.479 e. The quantitative estimate of drug-likeness (QED) is 0.888. The van der Waals surface area contributed by atoms with Crippen LogP contribution in [0.1, 0.15) is 18.4 Å². The Morgan fingerprint density at radius 1 is 1.64 bits per heavy atom. The van der Waals surface area contributed by atoms with Crippen molar-refractivity contribution in [2.45, 2.75) is 24.4 Å². The number of carboxylic acid groups (broad SMARTS) is 1. The van der Waals surface area contributed by atoms with E-state index in [-0.39, 0.29) is 0 Å². The van der Waals surface area contributed by atoms with Crippen LogP contribution in [0.25, 0.3) is 0 Å². The topological polar surface area (TPSA) is 57.5 Å². The van der Waals surface area contributed by atoms with Gasteiger partial charge in [0.1, 0.15) is 0 Å². The highest BCUT2D eigenvalue weighted by Crippen LogP contribution is 2.52. The number of aliphatic carboxylic acids is 1. The van der Waals surface area contributed by atoms with Crippen molar-refractivity contribution >= 4 is 33.2 Å². The summed E-state index contributed by atoms with van der Waals surface area (Å²) in [6.45, 7) is 0. The maximum absolute atomic E-state index is 10.7. The number of hydrogen-bond acceptors (Lipinski definition) is 3. The Hall–Kier alpha value is -0.390. The highest BCUT2D eigenvalue weighted by molar-refractivity contribution is 9.11. The Labute approximate surface area is 93.5 Å². The molecule has 5 heteroatoms. The highest BCUT2D eigenvalue weighted by atomic mass is 79.9. The molecule has 3 nitrogen and oxygen atoms in total. The first-order valence-corrected chi connectivity index (χ1v) is 5.89. The lowest BCUT2D eigenvalue weighted by Crippen LogP contribution is -2.33. The number of aliphatic hydroxyl groups excluding tert-OH is 1. The summed E-state index contributed by atoms with van der Waals surface area (Å²) in [7, 11) is 0. The van der Waals surface area contributed by atoms with Gasteiger partial charge in [0, 0.05) is 5.41 Å². The zero-order valence-electron chi connectivity index (χ0n) is 7.24. The molecule has 1 unspecified atom stereocenters. The Morgan fingerprint density at radius 2 is 2.29 bits per heavy atom. The lowest BCUT2D eigenvalue weighted by atomic mass is 9.92. The van der Waals surface area contributed by atoms with Gasteiger partial charge in [0.2, 0.25) is 0 Å². The number of rotatable bonds is 3. The minimum absolute atomic E-state index is 0.519. The number of carboxylic acids is 1. The molecule has 0 amide bonds. The van der Waals surface area contributed by atoms with Crippen molar-refractivity contribution < 1.29 is 15.0 Å². The molecule has 1 saturated carbocycles. The summed E-state index contributed by atoms with van der Waals surface area (Å²) in [6.07, 6.45) is 0.233. The fourth-order valence-corrected chi connectivity index (χ4v) is 2.93. The van der Waals surface area contributed by atoms with Gasteiger partial charge in [-0.3, -0.25) is 0 Å². The zero-order chi connectivity index (χ0) is 10.3. The van der Waals surface area contributed by atoms with Crippen LogP contribution < -0.4 is 0 Å². The van der Waals surface area contributed by atoms with Gasteiger partial charge < -0.3 is 10.2 Å². The first kappa shape index (κ1) is 10.1. The van der Waals surface area contributed by atoms with Crippen molar-refractivity contribution in [3.05, 3.63) is 20.8 Å². The Morgan fingerprint density at radius 3 is 2.64 bits per heavy atom. The second-order valence-electron chi connectivity index (χ2n) is 3.54. The second kappa shape index (κ2) is 3.32. The van der Waals surface area contributed by atoms with Crippen LogP contribution in [0.3, 0.4) is 0 Å². The monoisotopic (exact) mass is 276 g/mol. The standard InChI is InChI=1S/C9H9BrO3S/c10-6-3-5(4-14-6)9(1-2-9)7(11)8(12)13/h3-4,7,11H,1-2H2,(H,12,13). The van der Waals surface area contributed by atoms with Crippen molar-refractivity contribution in [3.63, 3.8) is 0 Å². The molecule has 1 atom stereocenters. The van der Waals surface area contributed by atoms with Crippen LogP contribution in [0.2, 0.25) is 0 Å². The van der Waals surface area contributed by atoms with Gasteiger partial charge in [0.15, 0.2) is 6.10 Å². The van der Waals surface area contributed by atoms with Crippen LogP contribution in [0.5, 0.6) is 0 Å². The van der Waals surface area contributed by atoms with E-state index in [2.05, 4.69) is 15.9 Å². The maximum Gasteiger partial charge on any atom is 0.333 e. The van der Waals surface area contributed by atoms with E-state index in [0.717, 1.165) is 22.2 Å². The molecule has 0 aromatic carbocycles. The SMILES string of the molecule is O=C(O)C(O)C1(c2csc(Br)c2)CC1. The van der Waals surface area contributed by atoms with E-state index in [1.807, 2.05) is 11.4 Å². The smallest absolute Gasteiger partial charge is 0.333 e. The van der Waals surface area contributed by atoms with Crippen LogP contribution in [0.4, 0.5) is 0 Å². The second-order valence-corrected chi connectivity index (χ2v) is 5.83. The Kier molecular flexibility index (Phi) is 2.41. The molecular formula is C9H9BrO3S. The van der Waals surface area contributed by atoms with Gasteiger partial charge in [-0.15, -0.1) is 11.3 Å². The fraction of sp³-hybridized carbons (Fsp3) is 0.444. The molecule has 0 bridgehead atoms. The normalized spacial score (nSPS) is 20.4. The van der Waals surface area contributed by atoms with Gasteiger partial charge in [-0.2, -0.15) is 0 Å². The average Bonchev–Trinajstić information content (AvgIpc) is 2.83. The van der Waals surface area contributed by atoms with E-state index >= 15 is 0 Å². The first-order chi connectivity index (χ1) is 6.56. The fourth-order valence-electron chi connectivity index (χ4n) is 1.66. The Balaban J connectivity index is 2.29. The van der Waals surface area contributed by atoms with Gasteiger partial charge in [-0.05, 0) is 45.8 Å². The molecule has 1 heterocycles. The minimum Gasteiger partial charge on any atom is -0.479 e. The third-order valence-electron chi connectivity index (χ3n) is 2.69. The van der Waals surface area contributed by atoms with Gasteiger partial charge in [-0.1, -0.05) is 0 Å². The summed E-state index contributed by atoms with van der Waals surface area (Å²) in [4.78, 5) is 10.7. The number of hydrogen-bond donors (Lipinski definition) is 2. The van der Waals surface area contributed by atoms with E-state index in [9.17, 15) is 9.90 Å². The molecule has 1 aliphatic carbocycles. The van der Waals surface area contributed by atoms with Crippen LogP contribution in [-0.4, -0.2) is 22.3 Å². The first-order valence-electron chi connectivity index (χ1n) is 4.22. The third-order valence-corrected chi connectivity index (χ3v) is 4.19. The summed E-state index contributed by atoms with van der Waals surface area (Å²) in [5.41, 5.74) is 0.415. The average molecular weight is 277 g/mol. The molecule has 76 valence electrons. The van der Waals surface area contributed by atoms with Crippen molar-refractivity contribution in [3.8, 4) is 0 Å². The summed E-state index contributed by atoms with van der Waals surface area (Å²) < 4.78 is 0.969. The molecule has 2 rings (SSSR count). The molecule has 0 aliphatic heterocycles. The number of thiophene rings is 1. The molecule has 1 fully saturated rings. The zero-order valence-corrected chi connectivity index (χ0v) is 9.64. The van der Waals surface area contributed by atoms with Gasteiger partial charge in [-0.25, -0.2) is 4.79 Å². The van der Waals surface area contributed by atoms with Crippen LogP contribution in [0.15, 0.2) is 15.2 Å². The number of carbonyl (C=O) groups is 1. The summed E-state index contributed by atoms with van der Waals surface area (Å²) in [5.74, 6) is -1.13. The maximum atomic E-state index is 10.7. The van der Waals surface area contributed by atoms with Gasteiger partial charge in [0.25, 0.3) is 0 Å². The lowest BCUT2D eigenvalue weighted by Gasteiger charge is -2.16. The van der Waals surface area contributed by atoms with E-state index < -0.39 is 17.5 Å². The lowest BCUT2D eigenvalue weighted by molar-refractivity contribution is -0.148. The van der Waals surface area contributed by atoms with Crippen molar-refractivity contribution in [2.75, 3.05) is 0 Å². The molecule has 2 N–H and O–H groups in total. The van der Waals surface area contributed by atoms with Crippen LogP contribution in [-0.2, 0) is 10.2 Å². The molecule has 0 spiro atoms. The molecule has 1 aliphatic rings. The van der Waals surface area contributed by atoms with E-state index in [1.54, 1.807) is 0 Å². The van der Waals surface area contributed by atoms with Gasteiger partial charge >= 0.3 is 5.97 Å². The van der Waals surface area contributed by atoms with Crippen LogP contribution >= 0.6 is 27.3 Å². The minimum atomic E-state index is -1.27. The van der Waals surface area contributed by atoms with Crippen molar-refractivity contribution in [1.29, 1.82) is 0 Å². The highest BCUT2D eigenvalue weighted by Gasteiger charge is 2.53. The van der Waals surface area contributed by atoms with Gasteiger partial charge in [0.05, 0.1) is 3.79 Å². The predicted octanol–water partition coefficient (Wildman–Crippen LogP) is 1.99. The molecule has 1 aromatic heterocycles. The van der Waals surface area contributed by atoms with E-state index in [4.69, 9.17) is 5.11 Å². The van der Waals surface area contributed by atoms with Crippen molar-refractivity contribution in [1.82, 2.24) is 0 Å². The molecule has 0 radical (unpaired) electrons. The van der Waals surface area contributed by atoms with Crippen LogP contribution in [0, 0.1) is 0 Å². The van der Waals surface area contributed by atoms with E-state index in [1.165, 1.54) is 11.3 Å². The predicted molar refractivity (Wildman–Crippen MR) is 56.6 cm³/mol.